The van der Waals surface area contributed by atoms with Crippen molar-refractivity contribution in [1.82, 2.24) is 0 Å². The molecule has 0 aliphatic heterocycles. The van der Waals surface area contributed by atoms with Crippen molar-refractivity contribution in [2.75, 3.05) is 7.11 Å². The molecule has 0 bridgehead atoms. The molecule has 1 saturated carbocycles. The lowest BCUT2D eigenvalue weighted by Gasteiger charge is -2.46. The Labute approximate surface area is 123 Å². The first-order valence-corrected chi connectivity index (χ1v) is 7.00. The lowest BCUT2D eigenvalue weighted by atomic mass is 9.61. The van der Waals surface area contributed by atoms with Crippen LogP contribution in [0.25, 0.3) is 0 Å². The number of carbonyl (C=O) groups excluding carboxylic acids is 1. The summed E-state index contributed by atoms with van der Waals surface area (Å²) >= 11 is 0. The van der Waals surface area contributed by atoms with E-state index in [4.69, 9.17) is 9.47 Å². The maximum atomic E-state index is 11.9. The largest absolute Gasteiger partial charge is 0.493 e. The van der Waals surface area contributed by atoms with Gasteiger partial charge in [0.1, 0.15) is 11.9 Å². The second-order valence-corrected chi connectivity index (χ2v) is 5.19. The third kappa shape index (κ3) is 2.46. The molecule has 1 aliphatic rings. The van der Waals surface area contributed by atoms with Crippen molar-refractivity contribution in [3.63, 3.8) is 0 Å². The van der Waals surface area contributed by atoms with E-state index in [1.54, 1.807) is 0 Å². The average Bonchev–Trinajstić information content (AvgIpc) is 2.48. The molecule has 0 aromatic heterocycles. The monoisotopic (exact) mass is 293 g/mol. The molecule has 0 N–H and O–H groups in total. The van der Waals surface area contributed by atoms with Crippen LogP contribution in [-0.4, -0.2) is 23.9 Å². The lowest BCUT2D eigenvalue weighted by molar-refractivity contribution is -0.385. The van der Waals surface area contributed by atoms with Crippen LogP contribution >= 0.6 is 0 Å². The summed E-state index contributed by atoms with van der Waals surface area (Å²) in [6.07, 6.45) is 1.63. The Hall–Kier alpha value is -2.11. The smallest absolute Gasteiger partial charge is 0.273 e. The molecule has 0 heterocycles. The van der Waals surface area contributed by atoms with E-state index in [9.17, 15) is 14.9 Å². The normalized spacial score (nSPS) is 19.8. The average molecular weight is 293 g/mol. The predicted octanol–water partition coefficient (Wildman–Crippen LogP) is 3.13. The minimum atomic E-state index is -0.485. The summed E-state index contributed by atoms with van der Waals surface area (Å²) in [6, 6.07) is 4.23. The second kappa shape index (κ2) is 5.71. The third-order valence-electron chi connectivity index (χ3n) is 4.43. The molecule has 0 spiro atoms. The van der Waals surface area contributed by atoms with Gasteiger partial charge < -0.3 is 9.47 Å². The molecule has 1 unspecified atom stereocenters. The quantitative estimate of drug-likeness (QED) is 0.594. The van der Waals surface area contributed by atoms with E-state index in [0.29, 0.717) is 17.9 Å². The molecule has 1 aromatic carbocycles. The molecule has 6 nitrogen and oxygen atoms in total. The highest BCUT2D eigenvalue weighted by Gasteiger charge is 2.54. The molecule has 0 saturated heterocycles. The van der Waals surface area contributed by atoms with Gasteiger partial charge in [0.25, 0.3) is 5.69 Å². The Balaban J connectivity index is 2.24. The van der Waals surface area contributed by atoms with Gasteiger partial charge in [-0.1, -0.05) is 13.8 Å². The standard InChI is InChI=1S/C15H19NO5/c1-4-15(5-2)13(17)9-14(15)21-11-7-6-10(16(18)19)8-12(11)20-3/h6-8,14H,4-5,9H2,1-3H3. The maximum absolute atomic E-state index is 11.9. The molecular weight excluding hydrogens is 274 g/mol. The van der Waals surface area contributed by atoms with E-state index in [2.05, 4.69) is 0 Å². The number of ketones is 1. The number of hydrogen-bond acceptors (Lipinski definition) is 5. The Kier molecular flexibility index (Phi) is 4.16. The summed E-state index contributed by atoms with van der Waals surface area (Å²) < 4.78 is 11.1. The van der Waals surface area contributed by atoms with Crippen LogP contribution in [0.15, 0.2) is 18.2 Å². The van der Waals surface area contributed by atoms with Crippen molar-refractivity contribution >= 4 is 11.5 Å². The molecule has 1 atom stereocenters. The maximum Gasteiger partial charge on any atom is 0.273 e. The number of carbonyl (C=O) groups is 1. The summed E-state index contributed by atoms with van der Waals surface area (Å²) in [4.78, 5) is 22.2. The van der Waals surface area contributed by atoms with E-state index >= 15 is 0 Å². The van der Waals surface area contributed by atoms with Gasteiger partial charge in [0.15, 0.2) is 11.5 Å². The number of methoxy groups -OCH3 is 1. The van der Waals surface area contributed by atoms with Crippen LogP contribution in [-0.2, 0) is 4.79 Å². The van der Waals surface area contributed by atoms with E-state index in [0.717, 1.165) is 12.8 Å². The highest BCUT2D eigenvalue weighted by Crippen LogP contribution is 2.47. The van der Waals surface area contributed by atoms with Crippen LogP contribution in [0.5, 0.6) is 11.5 Å². The first kappa shape index (κ1) is 15.3. The van der Waals surface area contributed by atoms with Gasteiger partial charge in [0.05, 0.1) is 23.5 Å². The first-order valence-electron chi connectivity index (χ1n) is 7.00. The highest BCUT2D eigenvalue weighted by molar-refractivity contribution is 5.92. The van der Waals surface area contributed by atoms with E-state index in [1.165, 1.54) is 25.3 Å². The highest BCUT2D eigenvalue weighted by atomic mass is 16.6. The van der Waals surface area contributed by atoms with Crippen molar-refractivity contribution in [1.29, 1.82) is 0 Å². The summed E-state index contributed by atoms with van der Waals surface area (Å²) in [5, 5.41) is 10.8. The number of nitro groups is 1. The van der Waals surface area contributed by atoms with Crippen molar-refractivity contribution in [2.24, 2.45) is 5.41 Å². The molecule has 0 radical (unpaired) electrons. The Bertz CT molecular complexity index is 565. The number of nitrogens with zero attached hydrogens (tertiary/aromatic N) is 1. The Morgan fingerprint density at radius 3 is 2.48 bits per heavy atom. The van der Waals surface area contributed by atoms with Crippen molar-refractivity contribution in [2.45, 2.75) is 39.2 Å². The third-order valence-corrected chi connectivity index (χ3v) is 4.43. The summed E-state index contributed by atoms with van der Waals surface area (Å²) in [5.74, 6) is 0.968. The molecule has 1 fully saturated rings. The molecule has 0 amide bonds. The van der Waals surface area contributed by atoms with Gasteiger partial charge in [-0.05, 0) is 18.9 Å². The van der Waals surface area contributed by atoms with Crippen LogP contribution in [0, 0.1) is 15.5 Å². The molecular formula is C15H19NO5. The minimum Gasteiger partial charge on any atom is -0.493 e. The van der Waals surface area contributed by atoms with E-state index < -0.39 is 10.3 Å². The second-order valence-electron chi connectivity index (χ2n) is 5.19. The number of benzene rings is 1. The fraction of sp³-hybridized carbons (Fsp3) is 0.533. The van der Waals surface area contributed by atoms with Gasteiger partial charge in [0.2, 0.25) is 0 Å². The first-order chi connectivity index (χ1) is 9.98. The fourth-order valence-corrected chi connectivity index (χ4v) is 2.89. The number of rotatable bonds is 6. The number of non-ortho nitro benzene ring substituents is 1. The van der Waals surface area contributed by atoms with E-state index in [1.807, 2.05) is 13.8 Å². The van der Waals surface area contributed by atoms with Gasteiger partial charge >= 0.3 is 0 Å². The summed E-state index contributed by atoms with van der Waals surface area (Å²) in [5.41, 5.74) is -0.492. The molecule has 114 valence electrons. The summed E-state index contributed by atoms with van der Waals surface area (Å²) in [7, 11) is 1.44. The van der Waals surface area contributed by atoms with Crippen LogP contribution < -0.4 is 9.47 Å². The number of nitro benzene ring substituents is 1. The van der Waals surface area contributed by atoms with E-state index in [-0.39, 0.29) is 17.6 Å². The van der Waals surface area contributed by atoms with Crippen LogP contribution in [0.4, 0.5) is 5.69 Å². The van der Waals surface area contributed by atoms with Crippen molar-refractivity contribution in [3.05, 3.63) is 28.3 Å². The topological polar surface area (TPSA) is 78.7 Å². The number of hydrogen-bond donors (Lipinski definition) is 0. The van der Waals surface area contributed by atoms with Crippen molar-refractivity contribution in [3.8, 4) is 11.5 Å². The predicted molar refractivity (Wildman–Crippen MR) is 76.7 cm³/mol. The minimum absolute atomic E-state index is 0.0545. The zero-order chi connectivity index (χ0) is 15.6. The molecule has 1 aliphatic carbocycles. The molecule has 6 heteroatoms. The zero-order valence-electron chi connectivity index (χ0n) is 12.4. The van der Waals surface area contributed by atoms with Crippen LogP contribution in [0.1, 0.15) is 33.1 Å². The molecule has 1 aromatic rings. The number of ether oxygens (including phenoxy) is 2. The van der Waals surface area contributed by atoms with Crippen LogP contribution in [0.3, 0.4) is 0 Å². The van der Waals surface area contributed by atoms with Gasteiger partial charge in [-0.25, -0.2) is 0 Å². The van der Waals surface area contributed by atoms with Gasteiger partial charge in [-0.3, -0.25) is 14.9 Å². The van der Waals surface area contributed by atoms with Crippen molar-refractivity contribution < 1.29 is 19.2 Å². The van der Waals surface area contributed by atoms with Gasteiger partial charge in [-0.15, -0.1) is 0 Å². The van der Waals surface area contributed by atoms with Crippen LogP contribution in [0.2, 0.25) is 0 Å². The van der Waals surface area contributed by atoms with Gasteiger partial charge in [-0.2, -0.15) is 0 Å². The lowest BCUT2D eigenvalue weighted by Crippen LogP contribution is -2.56. The SMILES string of the molecule is CCC1(CC)C(=O)CC1Oc1ccc([N+](=O)[O-])cc1OC. The molecule has 2 rings (SSSR count). The summed E-state index contributed by atoms with van der Waals surface area (Å²) in [6.45, 7) is 3.95. The Morgan fingerprint density at radius 2 is 2.00 bits per heavy atom. The number of Topliss-reactive ketones (excluding diaryl/α,β-unsaturated/α-hetero) is 1. The van der Waals surface area contributed by atoms with Gasteiger partial charge in [0, 0.05) is 12.5 Å². The molecule has 21 heavy (non-hydrogen) atoms. The Morgan fingerprint density at radius 1 is 1.33 bits per heavy atom. The zero-order valence-corrected chi connectivity index (χ0v) is 12.4. The fourth-order valence-electron chi connectivity index (χ4n) is 2.89.